The zero-order valence-electron chi connectivity index (χ0n) is 11.6. The topological polar surface area (TPSA) is 78.5 Å². The quantitative estimate of drug-likeness (QED) is 0.808. The molecule has 3 rings (SSSR count). The number of carbonyl (C=O) groups is 3. The van der Waals surface area contributed by atoms with Crippen LogP contribution in [0.5, 0.6) is 0 Å². The van der Waals surface area contributed by atoms with Gasteiger partial charge in [0.05, 0.1) is 6.54 Å². The molecule has 7 heteroatoms. The SMILES string of the molecule is O=C(CN1C(=O)CNC1=O)NCc1csc2c1CCCC2. The molecule has 1 aliphatic carbocycles. The van der Waals surface area contributed by atoms with E-state index in [0.717, 1.165) is 17.7 Å². The van der Waals surface area contributed by atoms with E-state index in [2.05, 4.69) is 16.0 Å². The van der Waals surface area contributed by atoms with Crippen LogP contribution in [0.15, 0.2) is 5.38 Å². The highest BCUT2D eigenvalue weighted by atomic mass is 32.1. The Hall–Kier alpha value is -1.89. The van der Waals surface area contributed by atoms with Crippen molar-refractivity contribution >= 4 is 29.2 Å². The van der Waals surface area contributed by atoms with Gasteiger partial charge in [-0.3, -0.25) is 14.5 Å². The number of hydrogen-bond acceptors (Lipinski definition) is 4. The third-order valence-electron chi connectivity index (χ3n) is 3.86. The van der Waals surface area contributed by atoms with E-state index < -0.39 is 6.03 Å². The molecule has 2 aliphatic rings. The summed E-state index contributed by atoms with van der Waals surface area (Å²) in [7, 11) is 0. The van der Waals surface area contributed by atoms with Crippen molar-refractivity contribution < 1.29 is 14.4 Å². The molecule has 21 heavy (non-hydrogen) atoms. The van der Waals surface area contributed by atoms with Crippen LogP contribution < -0.4 is 10.6 Å². The first-order valence-electron chi connectivity index (χ1n) is 7.08. The molecule has 4 amide bonds. The maximum Gasteiger partial charge on any atom is 0.325 e. The van der Waals surface area contributed by atoms with E-state index in [9.17, 15) is 14.4 Å². The second kappa shape index (κ2) is 5.85. The fraction of sp³-hybridized carbons (Fsp3) is 0.500. The Balaban J connectivity index is 1.55. The third kappa shape index (κ3) is 2.92. The lowest BCUT2D eigenvalue weighted by atomic mass is 9.96. The predicted octanol–water partition coefficient (Wildman–Crippen LogP) is 0.795. The summed E-state index contributed by atoms with van der Waals surface area (Å²) in [4.78, 5) is 37.0. The first-order valence-corrected chi connectivity index (χ1v) is 7.96. The zero-order valence-corrected chi connectivity index (χ0v) is 12.4. The normalized spacial score (nSPS) is 17.6. The molecule has 2 heterocycles. The Bertz CT molecular complexity index is 580. The molecule has 0 radical (unpaired) electrons. The molecule has 0 spiro atoms. The van der Waals surface area contributed by atoms with Crippen molar-refractivity contribution in [3.63, 3.8) is 0 Å². The van der Waals surface area contributed by atoms with E-state index in [1.165, 1.54) is 28.8 Å². The summed E-state index contributed by atoms with van der Waals surface area (Å²) in [6.07, 6.45) is 4.66. The smallest absolute Gasteiger partial charge is 0.325 e. The summed E-state index contributed by atoms with van der Waals surface area (Å²) >= 11 is 1.76. The molecule has 0 aromatic carbocycles. The van der Waals surface area contributed by atoms with Crippen LogP contribution in [0.1, 0.15) is 28.8 Å². The fourth-order valence-corrected chi connectivity index (χ4v) is 3.87. The van der Waals surface area contributed by atoms with Gasteiger partial charge in [-0.05, 0) is 42.2 Å². The predicted molar refractivity (Wildman–Crippen MR) is 77.9 cm³/mol. The number of carbonyl (C=O) groups excluding carboxylic acids is 3. The molecule has 0 saturated carbocycles. The summed E-state index contributed by atoms with van der Waals surface area (Å²) in [5, 5.41) is 7.29. The van der Waals surface area contributed by atoms with Gasteiger partial charge in [-0.1, -0.05) is 0 Å². The van der Waals surface area contributed by atoms with Crippen molar-refractivity contribution in [2.24, 2.45) is 0 Å². The number of aryl methyl sites for hydroxylation is 1. The van der Waals surface area contributed by atoms with Gasteiger partial charge in [0.25, 0.3) is 5.91 Å². The fourth-order valence-electron chi connectivity index (χ4n) is 2.72. The number of urea groups is 1. The Kier molecular flexibility index (Phi) is 3.92. The number of imide groups is 1. The van der Waals surface area contributed by atoms with E-state index in [0.29, 0.717) is 6.54 Å². The largest absolute Gasteiger partial charge is 0.350 e. The van der Waals surface area contributed by atoms with Gasteiger partial charge < -0.3 is 10.6 Å². The molecule has 1 aromatic rings. The minimum atomic E-state index is -0.497. The first-order chi connectivity index (χ1) is 10.1. The van der Waals surface area contributed by atoms with Gasteiger partial charge >= 0.3 is 6.03 Å². The highest BCUT2D eigenvalue weighted by Crippen LogP contribution is 2.29. The van der Waals surface area contributed by atoms with Gasteiger partial charge in [-0.15, -0.1) is 11.3 Å². The van der Waals surface area contributed by atoms with Gasteiger partial charge in [0.1, 0.15) is 6.54 Å². The summed E-state index contributed by atoms with van der Waals surface area (Å²) in [6.45, 7) is 0.232. The van der Waals surface area contributed by atoms with Crippen LogP contribution in [0.2, 0.25) is 0 Å². The van der Waals surface area contributed by atoms with Crippen LogP contribution in [0.25, 0.3) is 0 Å². The zero-order chi connectivity index (χ0) is 14.8. The Morgan fingerprint density at radius 2 is 2.14 bits per heavy atom. The summed E-state index contributed by atoms with van der Waals surface area (Å²) in [5.74, 6) is -0.667. The molecular weight excluding hydrogens is 290 g/mol. The van der Waals surface area contributed by atoms with Crippen molar-refractivity contribution in [1.29, 1.82) is 0 Å². The number of thiophene rings is 1. The van der Waals surface area contributed by atoms with E-state index >= 15 is 0 Å². The lowest BCUT2D eigenvalue weighted by Gasteiger charge is -2.14. The molecule has 0 bridgehead atoms. The van der Waals surface area contributed by atoms with Crippen LogP contribution >= 0.6 is 11.3 Å². The van der Waals surface area contributed by atoms with Crippen LogP contribution in [-0.2, 0) is 29.0 Å². The summed E-state index contributed by atoms with van der Waals surface area (Å²) in [6, 6.07) is -0.497. The first kappa shape index (κ1) is 14.1. The molecule has 112 valence electrons. The number of amides is 4. The van der Waals surface area contributed by atoms with E-state index in [-0.39, 0.29) is 24.9 Å². The Morgan fingerprint density at radius 3 is 2.90 bits per heavy atom. The van der Waals surface area contributed by atoms with Crippen molar-refractivity contribution in [2.45, 2.75) is 32.2 Å². The van der Waals surface area contributed by atoms with E-state index in [4.69, 9.17) is 0 Å². The Labute approximate surface area is 126 Å². The van der Waals surface area contributed by atoms with Crippen molar-refractivity contribution in [2.75, 3.05) is 13.1 Å². The molecule has 1 aromatic heterocycles. The molecule has 0 atom stereocenters. The van der Waals surface area contributed by atoms with Crippen LogP contribution in [0.4, 0.5) is 4.79 Å². The maximum absolute atomic E-state index is 11.9. The monoisotopic (exact) mass is 307 g/mol. The number of nitrogens with one attached hydrogen (secondary N) is 2. The van der Waals surface area contributed by atoms with Crippen LogP contribution in [0.3, 0.4) is 0 Å². The van der Waals surface area contributed by atoms with Crippen molar-refractivity contribution in [3.05, 3.63) is 21.4 Å². The minimum Gasteiger partial charge on any atom is -0.350 e. The van der Waals surface area contributed by atoms with Gasteiger partial charge in [0.15, 0.2) is 0 Å². The van der Waals surface area contributed by atoms with E-state index in [1.807, 2.05) is 0 Å². The van der Waals surface area contributed by atoms with Crippen molar-refractivity contribution in [1.82, 2.24) is 15.5 Å². The molecule has 1 saturated heterocycles. The summed E-state index contributed by atoms with van der Waals surface area (Å²) < 4.78 is 0. The molecule has 6 nitrogen and oxygen atoms in total. The number of hydrogen-bond donors (Lipinski definition) is 2. The standard InChI is InChI=1S/C14H17N3O3S/c18-12(7-17-13(19)6-16-14(17)20)15-5-9-8-21-11-4-2-1-3-10(9)11/h8H,1-7H2,(H,15,18)(H,16,20). The second-order valence-corrected chi connectivity index (χ2v) is 6.25. The minimum absolute atomic E-state index is 0.0237. The van der Waals surface area contributed by atoms with Gasteiger partial charge in [0, 0.05) is 11.4 Å². The molecule has 0 unspecified atom stereocenters. The average molecular weight is 307 g/mol. The molecular formula is C14H17N3O3S. The van der Waals surface area contributed by atoms with Gasteiger partial charge in [0.2, 0.25) is 5.91 Å². The number of fused-ring (bicyclic) bond motifs is 1. The lowest BCUT2D eigenvalue weighted by Crippen LogP contribution is -2.40. The van der Waals surface area contributed by atoms with E-state index in [1.54, 1.807) is 11.3 Å². The van der Waals surface area contributed by atoms with Gasteiger partial charge in [-0.2, -0.15) is 0 Å². The second-order valence-electron chi connectivity index (χ2n) is 5.29. The third-order valence-corrected chi connectivity index (χ3v) is 5.00. The van der Waals surface area contributed by atoms with Crippen LogP contribution in [-0.4, -0.2) is 35.8 Å². The number of nitrogens with zero attached hydrogens (tertiary/aromatic N) is 1. The maximum atomic E-state index is 11.9. The van der Waals surface area contributed by atoms with Crippen molar-refractivity contribution in [3.8, 4) is 0 Å². The molecule has 1 fully saturated rings. The molecule has 1 aliphatic heterocycles. The highest BCUT2D eigenvalue weighted by molar-refractivity contribution is 7.10. The lowest BCUT2D eigenvalue weighted by molar-refractivity contribution is -0.130. The average Bonchev–Trinajstić information content (AvgIpc) is 3.03. The highest BCUT2D eigenvalue weighted by Gasteiger charge is 2.30. The molecule has 2 N–H and O–H groups in total. The van der Waals surface area contributed by atoms with Crippen LogP contribution in [0, 0.1) is 0 Å². The van der Waals surface area contributed by atoms with Gasteiger partial charge in [-0.25, -0.2) is 4.79 Å². The Morgan fingerprint density at radius 1 is 1.33 bits per heavy atom. The summed E-state index contributed by atoms with van der Waals surface area (Å²) in [5.41, 5.74) is 2.54. The number of rotatable bonds is 4.